The van der Waals surface area contributed by atoms with Crippen LogP contribution in [0, 0.1) is 0 Å². The summed E-state index contributed by atoms with van der Waals surface area (Å²) in [5, 5.41) is 1.83. The molecule has 2 aromatic carbocycles. The molecule has 0 unspecified atom stereocenters. The Labute approximate surface area is 217 Å². The molecule has 0 fully saturated rings. The number of benzene rings is 2. The van der Waals surface area contributed by atoms with Gasteiger partial charge in [-0.15, -0.1) is 5.06 Å². The van der Waals surface area contributed by atoms with Crippen molar-refractivity contribution in [1.29, 1.82) is 0 Å². The highest BCUT2D eigenvalue weighted by atomic mass is 79.9. The van der Waals surface area contributed by atoms with Crippen LogP contribution in [0.3, 0.4) is 0 Å². The normalized spacial score (nSPS) is 12.4. The molecule has 0 amide bonds. The third-order valence-corrected chi connectivity index (χ3v) is 6.77. The molecule has 5 rings (SSSR count). The van der Waals surface area contributed by atoms with Crippen molar-refractivity contribution in [3.05, 3.63) is 118 Å². The second-order valence-corrected chi connectivity index (χ2v) is 9.33. The highest BCUT2D eigenvalue weighted by molar-refractivity contribution is 9.10. The van der Waals surface area contributed by atoms with Gasteiger partial charge in [0.1, 0.15) is 0 Å². The van der Waals surface area contributed by atoms with Crippen molar-refractivity contribution in [1.82, 2.24) is 5.06 Å². The third-order valence-electron chi connectivity index (χ3n) is 6.15. The first kappa shape index (κ1) is 23.8. The summed E-state index contributed by atoms with van der Waals surface area (Å²) in [6.45, 7) is 2.53. The molecule has 0 saturated carbocycles. The van der Waals surface area contributed by atoms with Crippen molar-refractivity contribution in [3.8, 4) is 5.75 Å². The lowest BCUT2D eigenvalue weighted by Gasteiger charge is -2.25. The zero-order chi connectivity index (χ0) is 25.1. The van der Waals surface area contributed by atoms with Crippen LogP contribution < -0.4 is 19.7 Å². The van der Waals surface area contributed by atoms with E-state index in [4.69, 9.17) is 10.6 Å². The van der Waals surface area contributed by atoms with Crippen LogP contribution in [-0.2, 0) is 13.1 Å². The maximum Gasteiger partial charge on any atom is 0.196 e. The summed E-state index contributed by atoms with van der Waals surface area (Å²) in [5.74, 6) is -0.185. The van der Waals surface area contributed by atoms with Crippen LogP contribution in [0.25, 0.3) is 0 Å². The van der Waals surface area contributed by atoms with Crippen molar-refractivity contribution in [2.75, 3.05) is 18.8 Å². The average Bonchev–Trinajstić information content (AvgIpc) is 2.91. The predicted molar refractivity (Wildman–Crippen MR) is 137 cm³/mol. The van der Waals surface area contributed by atoms with Crippen molar-refractivity contribution in [2.24, 2.45) is 0 Å². The topological polar surface area (TPSA) is 80.4 Å². The van der Waals surface area contributed by atoms with Gasteiger partial charge in [-0.2, -0.15) is 0 Å². The molecule has 8 heteroatoms. The first-order chi connectivity index (χ1) is 17.5. The van der Waals surface area contributed by atoms with E-state index < -0.39 is 0 Å². The van der Waals surface area contributed by atoms with E-state index in [0.29, 0.717) is 47.5 Å². The monoisotopic (exact) mass is 544 g/mol. The Morgan fingerprint density at radius 2 is 1.25 bits per heavy atom. The number of halogens is 1. The number of anilines is 1. The molecule has 7 nitrogen and oxygen atoms in total. The van der Waals surface area contributed by atoms with E-state index in [1.165, 1.54) is 0 Å². The summed E-state index contributed by atoms with van der Waals surface area (Å²) in [6, 6.07) is 20.3. The molecule has 2 aromatic heterocycles. The minimum Gasteiger partial charge on any atom is -0.403 e. The summed E-state index contributed by atoms with van der Waals surface area (Å²) < 4.78 is 4.61. The van der Waals surface area contributed by atoms with Crippen molar-refractivity contribution in [2.45, 2.75) is 13.1 Å². The number of hydrogen-bond donors (Lipinski definition) is 1. The molecule has 1 aliphatic rings. The van der Waals surface area contributed by atoms with Crippen LogP contribution in [0.15, 0.2) is 96.0 Å². The summed E-state index contributed by atoms with van der Waals surface area (Å²) in [6.07, 6.45) is 7.98. The molecule has 1 aliphatic carbocycles. The number of pyridine rings is 2. The van der Waals surface area contributed by atoms with Crippen LogP contribution in [0.2, 0.25) is 0 Å². The van der Waals surface area contributed by atoms with Gasteiger partial charge in [0.2, 0.25) is 0 Å². The van der Waals surface area contributed by atoms with E-state index in [0.717, 1.165) is 0 Å². The minimum atomic E-state index is -0.282. The van der Waals surface area contributed by atoms with Gasteiger partial charge in [-0.25, -0.2) is 9.13 Å². The van der Waals surface area contributed by atoms with E-state index >= 15 is 0 Å². The molecule has 0 atom stereocenters. The number of nitrogen functional groups attached to an aromatic ring is 1. The maximum absolute atomic E-state index is 13.4. The highest BCUT2D eigenvalue weighted by Gasteiger charge is 2.35. The molecular formula is C28H25BrN4O3+2. The fraction of sp³-hybridized carbons (Fsp3) is 0.143. The Balaban J connectivity index is 1.45. The quantitative estimate of drug-likeness (QED) is 0.184. The Hall–Kier alpha value is -3.88. The number of carbonyl (C=O) groups is 2. The number of ketones is 2. The number of nitrogens with two attached hydrogens (primary N) is 1. The average molecular weight is 545 g/mol. The van der Waals surface area contributed by atoms with E-state index in [2.05, 4.69) is 25.1 Å². The number of aromatic nitrogens is 2. The maximum atomic E-state index is 13.4. The van der Waals surface area contributed by atoms with E-state index in [9.17, 15) is 9.59 Å². The largest absolute Gasteiger partial charge is 0.403 e. The zero-order valence-electron chi connectivity index (χ0n) is 19.5. The van der Waals surface area contributed by atoms with E-state index in [1.807, 2.05) is 66.2 Å². The summed E-state index contributed by atoms with van der Waals surface area (Å²) in [4.78, 5) is 32.8. The van der Waals surface area contributed by atoms with Crippen molar-refractivity contribution < 1.29 is 23.6 Å². The summed E-state index contributed by atoms with van der Waals surface area (Å²) in [5.41, 5.74) is 7.83. The van der Waals surface area contributed by atoms with Gasteiger partial charge in [0, 0.05) is 39.9 Å². The molecule has 0 bridgehead atoms. The molecule has 2 N–H and O–H groups in total. The summed E-state index contributed by atoms with van der Waals surface area (Å²) >= 11 is 3.49. The minimum absolute atomic E-state index is 0.158. The van der Waals surface area contributed by atoms with Gasteiger partial charge in [-0.1, -0.05) is 36.4 Å². The molecular weight excluding hydrogens is 520 g/mol. The predicted octanol–water partition coefficient (Wildman–Crippen LogP) is 3.38. The number of fused-ring (bicyclic) bond motifs is 2. The Bertz CT molecular complexity index is 1380. The smallest absolute Gasteiger partial charge is 0.196 e. The lowest BCUT2D eigenvalue weighted by atomic mass is 9.83. The second kappa shape index (κ2) is 10.4. The first-order valence-electron chi connectivity index (χ1n) is 11.6. The Kier molecular flexibility index (Phi) is 6.88. The van der Waals surface area contributed by atoms with Crippen LogP contribution >= 0.6 is 15.9 Å². The molecule has 0 saturated heterocycles. The standard InChI is InChI=1S/C28H24BrN4O3/c29-22-19-23(26(30)25-24(22)27(34)20-9-3-4-10-21(20)28(25)35)36-33(17-15-31-11-5-1-6-12-31)18-16-32-13-7-2-8-14-32/h1-14,19H,15-18H2,(H-,30,35)/q+1/p+1. The molecule has 36 heavy (non-hydrogen) atoms. The van der Waals surface area contributed by atoms with Gasteiger partial charge in [0.15, 0.2) is 55.2 Å². The van der Waals surface area contributed by atoms with Gasteiger partial charge in [0.25, 0.3) is 0 Å². The number of rotatable bonds is 8. The van der Waals surface area contributed by atoms with Gasteiger partial charge < -0.3 is 10.6 Å². The zero-order valence-corrected chi connectivity index (χ0v) is 21.1. The fourth-order valence-electron chi connectivity index (χ4n) is 4.29. The van der Waals surface area contributed by atoms with Crippen LogP contribution in [-0.4, -0.2) is 29.7 Å². The lowest BCUT2D eigenvalue weighted by Crippen LogP contribution is -2.45. The number of hydrogen-bond acceptors (Lipinski definition) is 5. The number of hydroxylamine groups is 2. The Morgan fingerprint density at radius 1 is 0.750 bits per heavy atom. The molecule has 0 spiro atoms. The van der Waals surface area contributed by atoms with Gasteiger partial charge >= 0.3 is 0 Å². The third kappa shape index (κ3) is 4.78. The summed E-state index contributed by atoms with van der Waals surface area (Å²) in [7, 11) is 0. The Morgan fingerprint density at radius 3 is 1.78 bits per heavy atom. The SMILES string of the molecule is Nc1c(ON(CC[n+]2ccccc2)CC[n+]2ccccc2)cc(Br)c2c1C(=O)c1ccccc1C2=O. The van der Waals surface area contributed by atoms with Gasteiger partial charge in [-0.3, -0.25) is 9.59 Å². The van der Waals surface area contributed by atoms with Crippen LogP contribution in [0.5, 0.6) is 5.75 Å². The van der Waals surface area contributed by atoms with Gasteiger partial charge in [-0.05, 0) is 22.0 Å². The molecule has 180 valence electrons. The lowest BCUT2D eigenvalue weighted by molar-refractivity contribution is -0.703. The van der Waals surface area contributed by atoms with Gasteiger partial charge in [0.05, 0.1) is 29.9 Å². The fourth-order valence-corrected chi connectivity index (χ4v) is 4.87. The molecule has 0 radical (unpaired) electrons. The highest BCUT2D eigenvalue weighted by Crippen LogP contribution is 2.40. The van der Waals surface area contributed by atoms with Crippen molar-refractivity contribution in [3.63, 3.8) is 0 Å². The van der Waals surface area contributed by atoms with E-state index in [1.54, 1.807) is 30.3 Å². The van der Waals surface area contributed by atoms with Crippen molar-refractivity contribution >= 4 is 33.2 Å². The van der Waals surface area contributed by atoms with E-state index in [-0.39, 0.29) is 28.4 Å². The number of nitrogens with zero attached hydrogens (tertiary/aromatic N) is 3. The van der Waals surface area contributed by atoms with Crippen LogP contribution in [0.4, 0.5) is 5.69 Å². The number of carbonyl (C=O) groups excluding carboxylic acids is 2. The molecule has 2 heterocycles. The molecule has 4 aromatic rings. The first-order valence-corrected chi connectivity index (χ1v) is 12.4. The van der Waals surface area contributed by atoms with Crippen LogP contribution in [0.1, 0.15) is 31.8 Å². The molecule has 0 aliphatic heterocycles. The second-order valence-electron chi connectivity index (χ2n) is 8.47.